The van der Waals surface area contributed by atoms with Gasteiger partial charge in [0.25, 0.3) is 0 Å². The largest absolute Gasteiger partial charge is 0.365 e. The highest BCUT2D eigenvalue weighted by molar-refractivity contribution is 5.85. The molecule has 0 spiro atoms. The van der Waals surface area contributed by atoms with E-state index < -0.39 is 0 Å². The Balaban J connectivity index is 0.000000605. The van der Waals surface area contributed by atoms with Crippen LogP contribution in [0.25, 0.3) is 0 Å². The molecule has 0 radical (unpaired) electrons. The first-order valence-electron chi connectivity index (χ1n) is 3.52. The van der Waals surface area contributed by atoms with E-state index in [2.05, 4.69) is 5.16 Å². The topological polar surface area (TPSA) is 52.0 Å². The molecule has 3 nitrogen and oxygen atoms in total. The Labute approximate surface area is 71.3 Å². The van der Waals surface area contributed by atoms with E-state index in [0.717, 1.165) is 18.5 Å². The minimum absolute atomic E-state index is 0. The molecule has 11 heavy (non-hydrogen) atoms. The average Bonchev–Trinajstić information content (AvgIpc) is 2.31. The highest BCUT2D eigenvalue weighted by Gasteiger charge is 2.28. The molecule has 1 heterocycles. The van der Waals surface area contributed by atoms with Crippen LogP contribution >= 0.6 is 12.4 Å². The molecule has 2 N–H and O–H groups in total. The van der Waals surface area contributed by atoms with Crippen molar-refractivity contribution in [2.75, 3.05) is 0 Å². The van der Waals surface area contributed by atoms with Crippen LogP contribution in [0, 0.1) is 0 Å². The second-order valence-corrected chi connectivity index (χ2v) is 2.85. The lowest BCUT2D eigenvalue weighted by atomic mass is 9.79. The van der Waals surface area contributed by atoms with Gasteiger partial charge in [0.05, 0.1) is 5.69 Å². The van der Waals surface area contributed by atoms with E-state index in [1.54, 1.807) is 6.26 Å². The van der Waals surface area contributed by atoms with E-state index in [4.69, 9.17) is 10.3 Å². The Bertz CT molecular complexity index is 206. The number of nitrogens with zero attached hydrogens (tertiary/aromatic N) is 1. The molecule has 62 valence electrons. The van der Waals surface area contributed by atoms with Crippen molar-refractivity contribution in [2.45, 2.75) is 24.8 Å². The summed E-state index contributed by atoms with van der Waals surface area (Å²) in [5, 5.41) is 3.84. The Kier molecular flexibility index (Phi) is 2.52. The summed E-state index contributed by atoms with van der Waals surface area (Å²) in [5.74, 6) is 0.564. The van der Waals surface area contributed by atoms with E-state index in [1.165, 1.54) is 0 Å². The predicted molar refractivity (Wildman–Crippen MR) is 43.7 cm³/mol. The molecule has 4 heteroatoms. The van der Waals surface area contributed by atoms with Gasteiger partial charge in [0.15, 0.2) is 0 Å². The summed E-state index contributed by atoms with van der Waals surface area (Å²) in [6.07, 6.45) is 3.73. The van der Waals surface area contributed by atoms with Crippen molar-refractivity contribution in [3.63, 3.8) is 0 Å². The molecular weight excluding hydrogens is 164 g/mol. The van der Waals surface area contributed by atoms with Crippen LogP contribution < -0.4 is 5.73 Å². The van der Waals surface area contributed by atoms with Crippen LogP contribution in [0.15, 0.2) is 16.9 Å². The van der Waals surface area contributed by atoms with Crippen LogP contribution in [-0.2, 0) is 0 Å². The first-order chi connectivity index (χ1) is 4.86. The van der Waals surface area contributed by atoms with Crippen LogP contribution in [0.2, 0.25) is 0 Å². The third kappa shape index (κ3) is 1.54. The van der Waals surface area contributed by atoms with E-state index in [-0.39, 0.29) is 12.4 Å². The lowest BCUT2D eigenvalue weighted by Crippen LogP contribution is -2.34. The van der Waals surface area contributed by atoms with Crippen molar-refractivity contribution in [1.29, 1.82) is 0 Å². The number of aromatic nitrogens is 1. The van der Waals surface area contributed by atoms with Crippen LogP contribution in [0.5, 0.6) is 0 Å². The van der Waals surface area contributed by atoms with Gasteiger partial charge in [-0.1, -0.05) is 5.16 Å². The SMILES string of the molecule is Cl.NC1CC(c2ccon2)C1. The van der Waals surface area contributed by atoms with Crippen LogP contribution in [0.4, 0.5) is 0 Å². The first kappa shape index (κ1) is 8.56. The lowest BCUT2D eigenvalue weighted by Gasteiger charge is -2.30. The Hall–Kier alpha value is -0.540. The molecule has 0 unspecified atom stereocenters. The van der Waals surface area contributed by atoms with Gasteiger partial charge in [0, 0.05) is 18.0 Å². The van der Waals surface area contributed by atoms with Gasteiger partial charge in [0.2, 0.25) is 0 Å². The predicted octanol–water partition coefficient (Wildman–Crippen LogP) is 1.30. The summed E-state index contributed by atoms with van der Waals surface area (Å²) in [5.41, 5.74) is 6.67. The molecular formula is C7H11ClN2O. The van der Waals surface area contributed by atoms with E-state index in [1.807, 2.05) is 6.07 Å². The molecule has 2 rings (SSSR count). The van der Waals surface area contributed by atoms with Gasteiger partial charge in [0.1, 0.15) is 6.26 Å². The second kappa shape index (κ2) is 3.24. The standard InChI is InChI=1S/C7H10N2O.ClH/c8-6-3-5(4-6)7-1-2-10-9-7;/h1-2,5-6H,3-4,8H2;1H. The van der Waals surface area contributed by atoms with Gasteiger partial charge < -0.3 is 10.3 Å². The van der Waals surface area contributed by atoms with Gasteiger partial charge in [-0.15, -0.1) is 12.4 Å². The average molecular weight is 175 g/mol. The van der Waals surface area contributed by atoms with Crippen molar-refractivity contribution in [3.8, 4) is 0 Å². The van der Waals surface area contributed by atoms with Crippen molar-refractivity contribution >= 4 is 12.4 Å². The van der Waals surface area contributed by atoms with Gasteiger partial charge in [-0.25, -0.2) is 0 Å². The Morgan fingerprint density at radius 2 is 2.27 bits per heavy atom. The quantitative estimate of drug-likeness (QED) is 0.699. The van der Waals surface area contributed by atoms with E-state index >= 15 is 0 Å². The Morgan fingerprint density at radius 1 is 1.55 bits per heavy atom. The fraction of sp³-hybridized carbons (Fsp3) is 0.571. The van der Waals surface area contributed by atoms with Crippen molar-refractivity contribution in [3.05, 3.63) is 18.0 Å². The molecule has 1 aliphatic rings. The summed E-state index contributed by atoms with van der Waals surface area (Å²) < 4.78 is 4.72. The zero-order valence-corrected chi connectivity index (χ0v) is 6.88. The highest BCUT2D eigenvalue weighted by Crippen LogP contribution is 2.34. The normalized spacial score (nSPS) is 28.8. The number of rotatable bonds is 1. The fourth-order valence-corrected chi connectivity index (χ4v) is 1.34. The van der Waals surface area contributed by atoms with Gasteiger partial charge in [-0.05, 0) is 12.8 Å². The molecule has 1 aliphatic carbocycles. The number of hydrogen-bond donors (Lipinski definition) is 1. The molecule has 1 aromatic rings. The van der Waals surface area contributed by atoms with Crippen molar-refractivity contribution in [1.82, 2.24) is 5.16 Å². The summed E-state index contributed by atoms with van der Waals surface area (Å²) in [6.45, 7) is 0. The molecule has 0 aromatic carbocycles. The summed E-state index contributed by atoms with van der Waals surface area (Å²) in [7, 11) is 0. The molecule has 0 amide bonds. The monoisotopic (exact) mass is 174 g/mol. The maximum absolute atomic E-state index is 5.62. The van der Waals surface area contributed by atoms with E-state index in [0.29, 0.717) is 12.0 Å². The van der Waals surface area contributed by atoms with Crippen molar-refractivity contribution in [2.24, 2.45) is 5.73 Å². The van der Waals surface area contributed by atoms with Crippen LogP contribution in [0.3, 0.4) is 0 Å². The van der Waals surface area contributed by atoms with E-state index in [9.17, 15) is 0 Å². The third-order valence-electron chi connectivity index (χ3n) is 2.05. The van der Waals surface area contributed by atoms with Gasteiger partial charge in [-0.3, -0.25) is 0 Å². The van der Waals surface area contributed by atoms with Crippen molar-refractivity contribution < 1.29 is 4.52 Å². The van der Waals surface area contributed by atoms with Crippen LogP contribution in [-0.4, -0.2) is 11.2 Å². The highest BCUT2D eigenvalue weighted by atomic mass is 35.5. The second-order valence-electron chi connectivity index (χ2n) is 2.85. The molecule has 0 bridgehead atoms. The number of hydrogen-bond acceptors (Lipinski definition) is 3. The fourth-order valence-electron chi connectivity index (χ4n) is 1.34. The third-order valence-corrected chi connectivity index (χ3v) is 2.05. The molecule has 0 saturated heterocycles. The van der Waals surface area contributed by atoms with Crippen LogP contribution in [0.1, 0.15) is 24.5 Å². The summed E-state index contributed by atoms with van der Waals surface area (Å²) in [6, 6.07) is 2.30. The zero-order chi connectivity index (χ0) is 6.97. The van der Waals surface area contributed by atoms with Gasteiger partial charge >= 0.3 is 0 Å². The minimum Gasteiger partial charge on any atom is -0.365 e. The first-order valence-corrected chi connectivity index (χ1v) is 3.52. The van der Waals surface area contributed by atoms with Gasteiger partial charge in [-0.2, -0.15) is 0 Å². The number of nitrogens with two attached hydrogens (primary N) is 1. The lowest BCUT2D eigenvalue weighted by molar-refractivity contribution is 0.324. The molecule has 1 saturated carbocycles. The maximum atomic E-state index is 5.62. The summed E-state index contributed by atoms with van der Waals surface area (Å²) >= 11 is 0. The summed E-state index contributed by atoms with van der Waals surface area (Å²) in [4.78, 5) is 0. The molecule has 0 atom stereocenters. The maximum Gasteiger partial charge on any atom is 0.124 e. The molecule has 0 aliphatic heterocycles. The minimum atomic E-state index is 0. The molecule has 1 fully saturated rings. The Morgan fingerprint density at radius 3 is 2.73 bits per heavy atom. The number of halogens is 1. The smallest absolute Gasteiger partial charge is 0.124 e. The zero-order valence-electron chi connectivity index (χ0n) is 6.06. The molecule has 1 aromatic heterocycles.